The number of methoxy groups -OCH3 is 2. The normalized spacial score (nSPS) is 17.6. The minimum atomic E-state index is 0. The van der Waals surface area contributed by atoms with Gasteiger partial charge in [0.15, 0.2) is 0 Å². The zero-order valence-corrected chi connectivity index (χ0v) is 21.7. The third-order valence-corrected chi connectivity index (χ3v) is 7.01. The fraction of sp³-hybridized carbons (Fsp3) is 0.357. The molecule has 3 aromatic rings. The predicted molar refractivity (Wildman–Crippen MR) is 141 cm³/mol. The molecule has 1 aliphatic heterocycles. The third-order valence-electron chi connectivity index (χ3n) is 6.71. The first kappa shape index (κ1) is 26.2. The van der Waals surface area contributed by atoms with Gasteiger partial charge in [0.05, 0.1) is 19.2 Å². The topological polar surface area (TPSA) is 41.9 Å². The van der Waals surface area contributed by atoms with Crippen LogP contribution in [0.25, 0.3) is 0 Å². The van der Waals surface area contributed by atoms with Crippen molar-refractivity contribution < 1.29 is 14.6 Å². The molecule has 34 heavy (non-hydrogen) atoms. The first-order chi connectivity index (χ1) is 16.0. The molecule has 1 heterocycles. The molecule has 0 radical (unpaired) electrons. The monoisotopic (exact) mass is 501 g/mol. The summed E-state index contributed by atoms with van der Waals surface area (Å²) in [5.74, 6) is 2.07. The van der Waals surface area contributed by atoms with Crippen LogP contribution in [0.2, 0.25) is 5.02 Å². The number of halogens is 2. The number of likely N-dealkylation sites (N-methyl/N-ethyl adjacent to an activating group) is 1. The fourth-order valence-corrected chi connectivity index (χ4v) is 5.20. The molecule has 0 saturated heterocycles. The van der Waals surface area contributed by atoms with Crippen LogP contribution >= 0.6 is 24.0 Å². The van der Waals surface area contributed by atoms with Crippen LogP contribution in [-0.2, 0) is 12.8 Å². The van der Waals surface area contributed by atoms with Gasteiger partial charge in [-0.1, -0.05) is 55.3 Å². The number of aromatic hydroxyl groups is 1. The van der Waals surface area contributed by atoms with Crippen LogP contribution in [0.5, 0.6) is 17.2 Å². The van der Waals surface area contributed by atoms with Gasteiger partial charge in [-0.2, -0.15) is 0 Å². The molecule has 2 unspecified atom stereocenters. The van der Waals surface area contributed by atoms with Gasteiger partial charge in [0.25, 0.3) is 0 Å². The van der Waals surface area contributed by atoms with Crippen molar-refractivity contribution in [2.24, 2.45) is 0 Å². The molecule has 0 amide bonds. The Morgan fingerprint density at radius 2 is 1.62 bits per heavy atom. The summed E-state index contributed by atoms with van der Waals surface area (Å²) in [6, 6.07) is 18.5. The van der Waals surface area contributed by atoms with Crippen LogP contribution in [0, 0.1) is 0 Å². The molecule has 4 nitrogen and oxygen atoms in total. The third kappa shape index (κ3) is 5.14. The Balaban J connectivity index is 0.00000324. The van der Waals surface area contributed by atoms with Gasteiger partial charge in [-0.25, -0.2) is 0 Å². The number of hydrogen-bond acceptors (Lipinski definition) is 4. The summed E-state index contributed by atoms with van der Waals surface area (Å²) >= 11 is 6.38. The maximum Gasteiger partial charge on any atom is 0.134 e. The summed E-state index contributed by atoms with van der Waals surface area (Å²) in [6.45, 7) is 3.02. The SMILES string of the molecule is CCCc1cc(OC)c(CC2c3cc(O)c(Cl)cc3C(c3ccccc3)CN2C)cc1OC.Cl. The smallest absolute Gasteiger partial charge is 0.134 e. The number of ether oxygens (including phenoxy) is 2. The molecule has 0 aromatic heterocycles. The van der Waals surface area contributed by atoms with Crippen molar-refractivity contribution in [3.63, 3.8) is 0 Å². The van der Waals surface area contributed by atoms with Crippen molar-refractivity contribution in [3.8, 4) is 17.2 Å². The van der Waals surface area contributed by atoms with E-state index in [0.717, 1.165) is 54.0 Å². The molecule has 0 bridgehead atoms. The van der Waals surface area contributed by atoms with E-state index in [-0.39, 0.29) is 30.1 Å². The second kappa shape index (κ2) is 11.4. The van der Waals surface area contributed by atoms with Gasteiger partial charge < -0.3 is 14.6 Å². The lowest BCUT2D eigenvalue weighted by molar-refractivity contribution is 0.215. The Labute approximate surface area is 213 Å². The quantitative estimate of drug-likeness (QED) is 0.386. The molecule has 4 rings (SSSR count). The van der Waals surface area contributed by atoms with Crippen LogP contribution in [0.1, 0.15) is 53.1 Å². The van der Waals surface area contributed by atoms with Crippen LogP contribution in [-0.4, -0.2) is 37.8 Å². The van der Waals surface area contributed by atoms with Crippen molar-refractivity contribution in [2.45, 2.75) is 38.1 Å². The fourth-order valence-electron chi connectivity index (χ4n) is 5.03. The van der Waals surface area contributed by atoms with Crippen molar-refractivity contribution >= 4 is 24.0 Å². The molecular weight excluding hydrogens is 469 g/mol. The van der Waals surface area contributed by atoms with Gasteiger partial charge in [-0.05, 0) is 72.0 Å². The van der Waals surface area contributed by atoms with E-state index in [1.54, 1.807) is 14.2 Å². The maximum absolute atomic E-state index is 10.5. The van der Waals surface area contributed by atoms with Gasteiger partial charge in [0.1, 0.15) is 17.2 Å². The van der Waals surface area contributed by atoms with E-state index >= 15 is 0 Å². The summed E-state index contributed by atoms with van der Waals surface area (Å²) in [5.41, 5.74) is 5.75. The van der Waals surface area contributed by atoms with Crippen molar-refractivity contribution in [1.82, 2.24) is 4.90 Å². The van der Waals surface area contributed by atoms with Crippen LogP contribution in [0.4, 0.5) is 0 Å². The zero-order chi connectivity index (χ0) is 23.5. The molecule has 0 fully saturated rings. The molecule has 6 heteroatoms. The minimum absolute atomic E-state index is 0. The van der Waals surface area contributed by atoms with E-state index in [9.17, 15) is 5.11 Å². The van der Waals surface area contributed by atoms with Gasteiger partial charge in [-0.3, -0.25) is 4.90 Å². The number of phenolic OH excluding ortho intramolecular Hbond substituents is 1. The largest absolute Gasteiger partial charge is 0.506 e. The van der Waals surface area contributed by atoms with Crippen molar-refractivity contribution in [1.29, 1.82) is 0 Å². The molecular formula is C28H33Cl2NO3. The predicted octanol–water partition coefficient (Wildman–Crippen LogP) is 6.80. The standard InChI is InChI=1S/C28H32ClNO3.ClH/c1-5-9-19-13-28(33-4)20(14-27(19)32-3)12-25-22-16-26(31)24(29)15-21(22)23(17-30(25)2)18-10-7-6-8-11-18;/h6-8,10-11,13-16,23,25,31H,5,9,12,17H2,1-4H3;1H. The van der Waals surface area contributed by atoms with Crippen molar-refractivity contribution in [3.05, 3.63) is 87.4 Å². The van der Waals surface area contributed by atoms with E-state index in [1.165, 1.54) is 11.1 Å². The Morgan fingerprint density at radius 3 is 2.26 bits per heavy atom. The molecule has 3 aromatic carbocycles. The maximum atomic E-state index is 10.5. The molecule has 0 spiro atoms. The summed E-state index contributed by atoms with van der Waals surface area (Å²) in [4.78, 5) is 2.36. The average Bonchev–Trinajstić information content (AvgIpc) is 2.83. The van der Waals surface area contributed by atoms with Gasteiger partial charge in [-0.15, -0.1) is 12.4 Å². The molecule has 1 N–H and O–H groups in total. The number of fused-ring (bicyclic) bond motifs is 1. The highest BCUT2D eigenvalue weighted by molar-refractivity contribution is 6.32. The summed E-state index contributed by atoms with van der Waals surface area (Å²) in [6.07, 6.45) is 2.72. The molecule has 0 saturated carbocycles. The molecule has 1 aliphatic rings. The summed E-state index contributed by atoms with van der Waals surface area (Å²) in [7, 11) is 5.58. The van der Waals surface area contributed by atoms with E-state index < -0.39 is 0 Å². The Kier molecular flexibility index (Phi) is 8.75. The Morgan fingerprint density at radius 1 is 0.971 bits per heavy atom. The summed E-state index contributed by atoms with van der Waals surface area (Å²) < 4.78 is 11.5. The number of nitrogens with zero attached hydrogens (tertiary/aromatic N) is 1. The highest BCUT2D eigenvalue weighted by atomic mass is 35.5. The van der Waals surface area contributed by atoms with Crippen LogP contribution in [0.15, 0.2) is 54.6 Å². The lowest BCUT2D eigenvalue weighted by Crippen LogP contribution is -2.36. The summed E-state index contributed by atoms with van der Waals surface area (Å²) in [5, 5.41) is 10.9. The average molecular weight is 502 g/mol. The highest BCUT2D eigenvalue weighted by Gasteiger charge is 2.33. The van der Waals surface area contributed by atoms with Gasteiger partial charge >= 0.3 is 0 Å². The first-order valence-electron chi connectivity index (χ1n) is 11.5. The Hall–Kier alpha value is -2.40. The lowest BCUT2D eigenvalue weighted by Gasteiger charge is -2.40. The van der Waals surface area contributed by atoms with Crippen molar-refractivity contribution in [2.75, 3.05) is 27.8 Å². The lowest BCUT2D eigenvalue weighted by atomic mass is 9.79. The number of rotatable bonds is 7. The second-order valence-electron chi connectivity index (χ2n) is 8.78. The van der Waals surface area contributed by atoms with E-state index in [1.807, 2.05) is 18.2 Å². The number of aryl methyl sites for hydroxylation is 1. The van der Waals surface area contributed by atoms with E-state index in [0.29, 0.717) is 5.02 Å². The number of benzene rings is 3. The Bertz CT molecular complexity index is 1120. The highest BCUT2D eigenvalue weighted by Crippen LogP contribution is 2.45. The zero-order valence-electron chi connectivity index (χ0n) is 20.2. The van der Waals surface area contributed by atoms with Crippen LogP contribution in [0.3, 0.4) is 0 Å². The van der Waals surface area contributed by atoms with E-state index in [2.05, 4.69) is 55.3 Å². The number of hydrogen-bond donors (Lipinski definition) is 1. The van der Waals surface area contributed by atoms with E-state index in [4.69, 9.17) is 21.1 Å². The van der Waals surface area contributed by atoms with Gasteiger partial charge in [0, 0.05) is 18.5 Å². The second-order valence-corrected chi connectivity index (χ2v) is 9.19. The molecule has 0 aliphatic carbocycles. The molecule has 182 valence electrons. The van der Waals surface area contributed by atoms with Crippen LogP contribution < -0.4 is 9.47 Å². The molecule has 2 atom stereocenters. The first-order valence-corrected chi connectivity index (χ1v) is 11.9. The number of phenols is 1. The minimum Gasteiger partial charge on any atom is -0.506 e. The van der Waals surface area contributed by atoms with Gasteiger partial charge in [0.2, 0.25) is 0 Å².